The van der Waals surface area contributed by atoms with Crippen molar-refractivity contribution in [1.29, 1.82) is 0 Å². The molecule has 2 aliphatic rings. The molecule has 2 heterocycles. The topological polar surface area (TPSA) is 78.1 Å². The zero-order chi connectivity index (χ0) is 18.6. The maximum absolute atomic E-state index is 12.5. The second-order valence-electron chi connectivity index (χ2n) is 7.33. The van der Waals surface area contributed by atoms with Gasteiger partial charge in [0.15, 0.2) is 0 Å². The number of likely N-dealkylation sites (N-methyl/N-ethyl adjacent to an activating group) is 1. The number of pyridine rings is 1. The van der Waals surface area contributed by atoms with Crippen LogP contribution in [-0.2, 0) is 6.42 Å². The summed E-state index contributed by atoms with van der Waals surface area (Å²) in [6.07, 6.45) is 7.47. The summed E-state index contributed by atoms with van der Waals surface area (Å²) in [5.41, 5.74) is 3.68. The minimum Gasteiger partial charge on any atom is -0.381 e. The van der Waals surface area contributed by atoms with Crippen molar-refractivity contribution in [3.05, 3.63) is 47.7 Å². The highest BCUT2D eigenvalue weighted by Crippen LogP contribution is 2.31. The first-order chi connectivity index (χ1) is 13.2. The summed E-state index contributed by atoms with van der Waals surface area (Å²) in [7, 11) is 2.04. The van der Waals surface area contributed by atoms with E-state index >= 15 is 0 Å². The summed E-state index contributed by atoms with van der Waals surface area (Å²) in [5, 5.41) is 13.5. The van der Waals surface area contributed by atoms with Crippen molar-refractivity contribution < 1.29 is 4.79 Å². The predicted molar refractivity (Wildman–Crippen MR) is 109 cm³/mol. The Morgan fingerprint density at radius 1 is 1.15 bits per heavy atom. The number of carbonyl (C=O) groups excluding carboxylic acids is 1. The molecule has 2 atom stereocenters. The fraction of sp³-hybridized carbons (Fsp3) is 0.429. The van der Waals surface area contributed by atoms with Gasteiger partial charge in [-0.3, -0.25) is 4.79 Å². The van der Waals surface area contributed by atoms with Gasteiger partial charge in [-0.25, -0.2) is 4.98 Å². The van der Waals surface area contributed by atoms with Gasteiger partial charge in [0.05, 0.1) is 11.3 Å². The van der Waals surface area contributed by atoms with Crippen LogP contribution in [0.15, 0.2) is 36.5 Å². The van der Waals surface area contributed by atoms with Gasteiger partial charge >= 0.3 is 0 Å². The highest BCUT2D eigenvalue weighted by Gasteiger charge is 2.26. The van der Waals surface area contributed by atoms with E-state index in [0.717, 1.165) is 41.2 Å². The van der Waals surface area contributed by atoms with Gasteiger partial charge in [-0.15, -0.1) is 0 Å². The van der Waals surface area contributed by atoms with Gasteiger partial charge in [0.2, 0.25) is 0 Å². The van der Waals surface area contributed by atoms with Gasteiger partial charge in [-0.05, 0) is 56.1 Å². The Labute approximate surface area is 160 Å². The van der Waals surface area contributed by atoms with Gasteiger partial charge in [0, 0.05) is 30.5 Å². The van der Waals surface area contributed by atoms with E-state index < -0.39 is 0 Å². The van der Waals surface area contributed by atoms with Crippen LogP contribution in [0, 0.1) is 0 Å². The number of aromatic nitrogens is 1. The highest BCUT2D eigenvalue weighted by atomic mass is 16.1. The number of anilines is 3. The van der Waals surface area contributed by atoms with Gasteiger partial charge in [-0.1, -0.05) is 18.9 Å². The Morgan fingerprint density at radius 2 is 2.00 bits per heavy atom. The van der Waals surface area contributed by atoms with Crippen LogP contribution in [0.4, 0.5) is 17.2 Å². The van der Waals surface area contributed by atoms with Crippen molar-refractivity contribution in [3.63, 3.8) is 0 Å². The molecule has 0 radical (unpaired) electrons. The van der Waals surface area contributed by atoms with Gasteiger partial charge < -0.3 is 21.3 Å². The largest absolute Gasteiger partial charge is 0.381 e. The molecule has 4 N–H and O–H groups in total. The van der Waals surface area contributed by atoms with Crippen LogP contribution in [0.2, 0.25) is 0 Å². The number of nitrogens with one attached hydrogen (secondary N) is 4. The number of amides is 1. The fourth-order valence-electron chi connectivity index (χ4n) is 4.19. The van der Waals surface area contributed by atoms with E-state index in [4.69, 9.17) is 0 Å². The molecule has 27 heavy (non-hydrogen) atoms. The Balaban J connectivity index is 1.66. The van der Waals surface area contributed by atoms with Gasteiger partial charge in [-0.2, -0.15) is 0 Å². The molecule has 1 aromatic heterocycles. The van der Waals surface area contributed by atoms with Crippen LogP contribution in [0.1, 0.15) is 41.6 Å². The van der Waals surface area contributed by atoms with Crippen LogP contribution in [0.25, 0.3) is 0 Å². The van der Waals surface area contributed by atoms with E-state index in [1.165, 1.54) is 19.3 Å². The second-order valence-corrected chi connectivity index (χ2v) is 7.33. The molecule has 0 saturated heterocycles. The third-order valence-corrected chi connectivity index (χ3v) is 5.54. The molecule has 1 fully saturated rings. The fourth-order valence-corrected chi connectivity index (χ4v) is 4.19. The standard InChI is InChI=1S/C21H27N5O/c1-22-16-6-2-3-7-17(16)25-15-12-14-9-11-24-21(27)20(14)18(13-15)26-19-8-4-5-10-23-19/h4-5,8,10,12-13,16-17,22,25H,2-3,6-7,9,11H2,1H3,(H,23,26)(H,24,27). The van der Waals surface area contributed by atoms with Crippen LogP contribution in [-0.4, -0.2) is 36.6 Å². The Hall–Kier alpha value is -2.60. The van der Waals surface area contributed by atoms with Crippen molar-refractivity contribution >= 4 is 23.1 Å². The lowest BCUT2D eigenvalue weighted by molar-refractivity contribution is 0.0947. The first-order valence-electron chi connectivity index (χ1n) is 9.81. The van der Waals surface area contributed by atoms with E-state index in [1.807, 2.05) is 31.3 Å². The quantitative estimate of drug-likeness (QED) is 0.655. The number of hydrogen-bond donors (Lipinski definition) is 4. The average Bonchev–Trinajstić information content (AvgIpc) is 2.69. The maximum Gasteiger partial charge on any atom is 0.253 e. The first-order valence-corrected chi connectivity index (χ1v) is 9.81. The molecule has 1 amide bonds. The molecule has 4 rings (SSSR count). The number of rotatable bonds is 5. The van der Waals surface area contributed by atoms with E-state index in [2.05, 4.69) is 32.3 Å². The first kappa shape index (κ1) is 17.8. The zero-order valence-electron chi connectivity index (χ0n) is 15.7. The molecule has 1 aliphatic carbocycles. The van der Waals surface area contributed by atoms with Crippen molar-refractivity contribution in [2.45, 2.75) is 44.2 Å². The minimum absolute atomic E-state index is 0.0213. The molecule has 1 saturated carbocycles. The summed E-state index contributed by atoms with van der Waals surface area (Å²) in [5.74, 6) is 0.716. The Bertz CT molecular complexity index is 808. The summed E-state index contributed by atoms with van der Waals surface area (Å²) >= 11 is 0. The third kappa shape index (κ3) is 3.90. The lowest BCUT2D eigenvalue weighted by atomic mass is 9.90. The lowest BCUT2D eigenvalue weighted by Gasteiger charge is -2.33. The smallest absolute Gasteiger partial charge is 0.253 e. The Kier molecular flexibility index (Phi) is 5.25. The molecule has 6 heteroatoms. The molecule has 0 spiro atoms. The van der Waals surface area contributed by atoms with Gasteiger partial charge in [0.25, 0.3) is 5.91 Å². The molecule has 6 nitrogen and oxygen atoms in total. The number of nitrogens with zero attached hydrogens (tertiary/aromatic N) is 1. The van der Waals surface area contributed by atoms with E-state index in [0.29, 0.717) is 18.6 Å². The van der Waals surface area contributed by atoms with Crippen LogP contribution < -0.4 is 21.3 Å². The predicted octanol–water partition coefficient (Wildman–Crippen LogP) is 3.05. The number of hydrogen-bond acceptors (Lipinski definition) is 5. The van der Waals surface area contributed by atoms with Crippen molar-refractivity contribution in [2.24, 2.45) is 0 Å². The summed E-state index contributed by atoms with van der Waals surface area (Å²) in [6.45, 7) is 0.681. The number of fused-ring (bicyclic) bond motifs is 1. The Morgan fingerprint density at radius 3 is 2.78 bits per heavy atom. The summed E-state index contributed by atoms with van der Waals surface area (Å²) in [6, 6.07) is 10.8. The average molecular weight is 365 g/mol. The van der Waals surface area contributed by atoms with Crippen molar-refractivity contribution in [1.82, 2.24) is 15.6 Å². The molecule has 1 aliphatic heterocycles. The molecule has 142 valence electrons. The highest BCUT2D eigenvalue weighted by molar-refractivity contribution is 6.03. The molecule has 2 unspecified atom stereocenters. The monoisotopic (exact) mass is 365 g/mol. The summed E-state index contributed by atoms with van der Waals surface area (Å²) in [4.78, 5) is 16.8. The normalized spacial score (nSPS) is 21.9. The van der Waals surface area contributed by atoms with Crippen LogP contribution in [0.3, 0.4) is 0 Å². The third-order valence-electron chi connectivity index (χ3n) is 5.54. The SMILES string of the molecule is CNC1CCCCC1Nc1cc2c(c(Nc3ccccn3)c1)C(=O)NCC2. The van der Waals surface area contributed by atoms with E-state index in [1.54, 1.807) is 6.20 Å². The van der Waals surface area contributed by atoms with Crippen molar-refractivity contribution in [2.75, 3.05) is 24.2 Å². The second kappa shape index (κ2) is 7.96. The lowest BCUT2D eigenvalue weighted by Crippen LogP contribution is -2.44. The minimum atomic E-state index is -0.0213. The van der Waals surface area contributed by atoms with Crippen LogP contribution >= 0.6 is 0 Å². The number of carbonyl (C=O) groups is 1. The van der Waals surface area contributed by atoms with Gasteiger partial charge in [0.1, 0.15) is 5.82 Å². The zero-order valence-corrected chi connectivity index (χ0v) is 15.7. The maximum atomic E-state index is 12.5. The molecule has 2 aromatic rings. The molecule has 1 aromatic carbocycles. The van der Waals surface area contributed by atoms with Crippen LogP contribution in [0.5, 0.6) is 0 Å². The molecular weight excluding hydrogens is 338 g/mol. The van der Waals surface area contributed by atoms with E-state index in [9.17, 15) is 4.79 Å². The summed E-state index contributed by atoms with van der Waals surface area (Å²) < 4.78 is 0. The van der Waals surface area contributed by atoms with E-state index in [-0.39, 0.29) is 5.91 Å². The number of benzene rings is 1. The van der Waals surface area contributed by atoms with Crippen molar-refractivity contribution in [3.8, 4) is 0 Å². The molecule has 0 bridgehead atoms. The molecular formula is C21H27N5O.